The second-order valence-electron chi connectivity index (χ2n) is 4.44. The Morgan fingerprint density at radius 3 is 2.74 bits per heavy atom. The van der Waals surface area contributed by atoms with Crippen LogP contribution in [0.1, 0.15) is 30.1 Å². The van der Waals surface area contributed by atoms with Gasteiger partial charge in [-0.15, -0.1) is 0 Å². The van der Waals surface area contributed by atoms with Crippen LogP contribution in [0.15, 0.2) is 34.9 Å². The molecular weight excluding hydrogens is 244 g/mol. The highest BCUT2D eigenvalue weighted by Crippen LogP contribution is 2.25. The molecule has 2 aromatic rings. The van der Waals surface area contributed by atoms with Gasteiger partial charge in [-0.2, -0.15) is 0 Å². The van der Waals surface area contributed by atoms with E-state index in [0.717, 1.165) is 0 Å². The summed E-state index contributed by atoms with van der Waals surface area (Å²) in [6.07, 6.45) is 0.0346. The standard InChI is InChI=1S/C14H16N2O3/c1-9(2)18-13-7-5-4-6-11(13)15-14(17)12-8-10(3)19-16-12/h4-9H,1-3H3,(H,15,17). The van der Waals surface area contributed by atoms with Crippen LogP contribution in [0.5, 0.6) is 5.75 Å². The normalized spacial score (nSPS) is 10.5. The van der Waals surface area contributed by atoms with Crippen LogP contribution in [0, 0.1) is 6.92 Å². The molecule has 0 saturated carbocycles. The van der Waals surface area contributed by atoms with E-state index in [4.69, 9.17) is 9.26 Å². The topological polar surface area (TPSA) is 64.4 Å². The quantitative estimate of drug-likeness (QED) is 0.917. The molecule has 5 heteroatoms. The third-order valence-electron chi connectivity index (χ3n) is 2.36. The SMILES string of the molecule is Cc1cc(C(=O)Nc2ccccc2OC(C)C)no1. The minimum Gasteiger partial charge on any atom is -0.489 e. The van der Waals surface area contributed by atoms with Gasteiger partial charge in [-0.3, -0.25) is 4.79 Å². The molecule has 1 aromatic carbocycles. The molecule has 0 unspecified atom stereocenters. The van der Waals surface area contributed by atoms with E-state index >= 15 is 0 Å². The van der Waals surface area contributed by atoms with E-state index in [-0.39, 0.29) is 17.7 Å². The van der Waals surface area contributed by atoms with Crippen molar-refractivity contribution in [3.63, 3.8) is 0 Å². The average Bonchev–Trinajstić information content (AvgIpc) is 2.78. The van der Waals surface area contributed by atoms with Crippen LogP contribution in [0.4, 0.5) is 5.69 Å². The number of hydrogen-bond donors (Lipinski definition) is 1. The summed E-state index contributed by atoms with van der Waals surface area (Å²) in [5, 5.41) is 6.43. The number of anilines is 1. The summed E-state index contributed by atoms with van der Waals surface area (Å²) in [5.74, 6) is 0.902. The van der Waals surface area contributed by atoms with Gasteiger partial charge in [0.15, 0.2) is 5.69 Å². The number of benzene rings is 1. The lowest BCUT2D eigenvalue weighted by Crippen LogP contribution is -2.14. The van der Waals surface area contributed by atoms with Crippen LogP contribution in [-0.2, 0) is 0 Å². The Morgan fingerprint density at radius 1 is 1.37 bits per heavy atom. The number of ether oxygens (including phenoxy) is 1. The molecular formula is C14H16N2O3. The summed E-state index contributed by atoms with van der Waals surface area (Å²) in [6, 6.07) is 8.86. The maximum atomic E-state index is 12.0. The number of amides is 1. The van der Waals surface area contributed by atoms with Crippen LogP contribution < -0.4 is 10.1 Å². The number of nitrogens with one attached hydrogen (secondary N) is 1. The fourth-order valence-electron chi connectivity index (χ4n) is 1.59. The maximum absolute atomic E-state index is 12.0. The number of aryl methyl sites for hydroxylation is 1. The van der Waals surface area contributed by atoms with Crippen molar-refractivity contribution in [1.29, 1.82) is 0 Å². The van der Waals surface area contributed by atoms with E-state index in [1.165, 1.54) is 0 Å². The molecule has 5 nitrogen and oxygen atoms in total. The van der Waals surface area contributed by atoms with E-state index in [1.807, 2.05) is 32.0 Å². The summed E-state index contributed by atoms with van der Waals surface area (Å²) in [6.45, 7) is 5.60. The number of carbonyl (C=O) groups is 1. The average molecular weight is 260 g/mol. The minimum absolute atomic E-state index is 0.0346. The first kappa shape index (κ1) is 13.1. The predicted molar refractivity (Wildman–Crippen MR) is 71.4 cm³/mol. The molecule has 1 heterocycles. The minimum atomic E-state index is -0.323. The van der Waals surface area contributed by atoms with Gasteiger partial charge in [0.1, 0.15) is 11.5 Å². The Kier molecular flexibility index (Phi) is 3.85. The Morgan fingerprint density at radius 2 is 2.11 bits per heavy atom. The van der Waals surface area contributed by atoms with E-state index in [2.05, 4.69) is 10.5 Å². The zero-order valence-corrected chi connectivity index (χ0v) is 11.1. The third-order valence-corrected chi connectivity index (χ3v) is 2.36. The van der Waals surface area contributed by atoms with Gasteiger partial charge in [-0.25, -0.2) is 0 Å². The molecule has 0 atom stereocenters. The van der Waals surface area contributed by atoms with Gasteiger partial charge < -0.3 is 14.6 Å². The monoisotopic (exact) mass is 260 g/mol. The molecule has 0 aliphatic rings. The highest BCUT2D eigenvalue weighted by Gasteiger charge is 2.13. The molecule has 2 rings (SSSR count). The van der Waals surface area contributed by atoms with Crippen LogP contribution in [-0.4, -0.2) is 17.2 Å². The summed E-state index contributed by atoms with van der Waals surface area (Å²) in [7, 11) is 0. The Hall–Kier alpha value is -2.30. The first-order valence-electron chi connectivity index (χ1n) is 6.06. The van der Waals surface area contributed by atoms with Crippen LogP contribution in [0.2, 0.25) is 0 Å². The lowest BCUT2D eigenvalue weighted by atomic mass is 10.2. The van der Waals surface area contributed by atoms with Gasteiger partial charge in [0, 0.05) is 6.07 Å². The Bertz CT molecular complexity index is 576. The van der Waals surface area contributed by atoms with Crippen molar-refractivity contribution in [2.24, 2.45) is 0 Å². The van der Waals surface area contributed by atoms with Gasteiger partial charge in [0.25, 0.3) is 5.91 Å². The van der Waals surface area contributed by atoms with Crippen LogP contribution >= 0.6 is 0 Å². The maximum Gasteiger partial charge on any atom is 0.277 e. The zero-order valence-electron chi connectivity index (χ0n) is 11.1. The molecule has 1 N–H and O–H groups in total. The number of para-hydroxylation sites is 2. The molecule has 0 aliphatic carbocycles. The largest absolute Gasteiger partial charge is 0.489 e. The Labute approximate surface area is 111 Å². The smallest absolute Gasteiger partial charge is 0.277 e. The fourth-order valence-corrected chi connectivity index (χ4v) is 1.59. The van der Waals surface area contributed by atoms with Gasteiger partial charge in [-0.1, -0.05) is 17.3 Å². The van der Waals surface area contributed by atoms with Crippen LogP contribution in [0.25, 0.3) is 0 Å². The highest BCUT2D eigenvalue weighted by molar-refractivity contribution is 6.03. The molecule has 19 heavy (non-hydrogen) atoms. The lowest BCUT2D eigenvalue weighted by Gasteiger charge is -2.14. The summed E-state index contributed by atoms with van der Waals surface area (Å²) < 4.78 is 10.5. The van der Waals surface area contributed by atoms with Crippen molar-refractivity contribution in [2.75, 3.05) is 5.32 Å². The second kappa shape index (κ2) is 5.56. The molecule has 0 saturated heterocycles. The fraction of sp³-hybridized carbons (Fsp3) is 0.286. The van der Waals surface area contributed by atoms with Crippen molar-refractivity contribution in [3.8, 4) is 5.75 Å². The van der Waals surface area contributed by atoms with Gasteiger partial charge in [-0.05, 0) is 32.9 Å². The molecule has 0 fully saturated rings. The molecule has 0 bridgehead atoms. The van der Waals surface area contributed by atoms with Crippen molar-refractivity contribution in [1.82, 2.24) is 5.16 Å². The first-order chi connectivity index (χ1) is 9.06. The summed E-state index contributed by atoms with van der Waals surface area (Å²) in [5.41, 5.74) is 0.860. The molecule has 0 spiro atoms. The first-order valence-corrected chi connectivity index (χ1v) is 6.06. The third kappa shape index (κ3) is 3.34. The number of hydrogen-bond acceptors (Lipinski definition) is 4. The molecule has 1 aromatic heterocycles. The Balaban J connectivity index is 2.16. The van der Waals surface area contributed by atoms with Crippen LogP contribution in [0.3, 0.4) is 0 Å². The number of rotatable bonds is 4. The highest BCUT2D eigenvalue weighted by atomic mass is 16.5. The molecule has 1 amide bonds. The van der Waals surface area contributed by atoms with E-state index in [1.54, 1.807) is 19.1 Å². The van der Waals surface area contributed by atoms with Gasteiger partial charge >= 0.3 is 0 Å². The van der Waals surface area contributed by atoms with Crippen molar-refractivity contribution in [3.05, 3.63) is 41.8 Å². The number of nitrogens with zero attached hydrogens (tertiary/aromatic N) is 1. The molecule has 0 aliphatic heterocycles. The van der Waals surface area contributed by atoms with Crippen molar-refractivity contribution < 1.29 is 14.1 Å². The number of aromatic nitrogens is 1. The van der Waals surface area contributed by atoms with Gasteiger partial charge in [0.2, 0.25) is 0 Å². The zero-order chi connectivity index (χ0) is 13.8. The molecule has 0 radical (unpaired) electrons. The van der Waals surface area contributed by atoms with E-state index < -0.39 is 0 Å². The predicted octanol–water partition coefficient (Wildman–Crippen LogP) is 3.02. The summed E-state index contributed by atoms with van der Waals surface area (Å²) in [4.78, 5) is 12.0. The second-order valence-corrected chi connectivity index (χ2v) is 4.44. The number of carbonyl (C=O) groups excluding carboxylic acids is 1. The van der Waals surface area contributed by atoms with E-state index in [0.29, 0.717) is 17.2 Å². The van der Waals surface area contributed by atoms with E-state index in [9.17, 15) is 4.79 Å². The van der Waals surface area contributed by atoms with Gasteiger partial charge in [0.05, 0.1) is 11.8 Å². The van der Waals surface area contributed by atoms with Crippen molar-refractivity contribution in [2.45, 2.75) is 26.9 Å². The van der Waals surface area contributed by atoms with Crippen molar-refractivity contribution >= 4 is 11.6 Å². The summed E-state index contributed by atoms with van der Waals surface area (Å²) >= 11 is 0. The lowest BCUT2D eigenvalue weighted by molar-refractivity contribution is 0.101. The molecule has 100 valence electrons.